The van der Waals surface area contributed by atoms with Crippen LogP contribution in [0, 0.1) is 6.92 Å². The molecule has 1 aliphatic rings. The summed E-state index contributed by atoms with van der Waals surface area (Å²) in [5, 5.41) is 9.44. The highest BCUT2D eigenvalue weighted by molar-refractivity contribution is 5.25. The third kappa shape index (κ3) is 3.60. The van der Waals surface area contributed by atoms with Crippen molar-refractivity contribution in [2.45, 2.75) is 57.7 Å². The molecule has 1 aromatic rings. The lowest BCUT2D eigenvalue weighted by atomic mass is 9.96. The fourth-order valence-electron chi connectivity index (χ4n) is 3.46. The minimum absolute atomic E-state index is 0.0601. The summed E-state index contributed by atoms with van der Waals surface area (Å²) in [6.07, 6.45) is 5.06. The van der Waals surface area contributed by atoms with Gasteiger partial charge < -0.3 is 10.8 Å². The molecule has 3 nitrogen and oxygen atoms in total. The molecule has 1 fully saturated rings. The Bertz CT molecular complexity index is 396. The van der Waals surface area contributed by atoms with Crippen LogP contribution in [0.2, 0.25) is 0 Å². The molecule has 1 saturated carbocycles. The van der Waals surface area contributed by atoms with Gasteiger partial charge in [-0.3, -0.25) is 4.90 Å². The Balaban J connectivity index is 2.25. The third-order valence-electron chi connectivity index (χ3n) is 4.43. The highest BCUT2D eigenvalue weighted by Crippen LogP contribution is 2.32. The first-order chi connectivity index (χ1) is 9.63. The van der Waals surface area contributed by atoms with Crippen LogP contribution in [0.15, 0.2) is 24.3 Å². The van der Waals surface area contributed by atoms with Crippen molar-refractivity contribution in [1.82, 2.24) is 4.90 Å². The third-order valence-corrected chi connectivity index (χ3v) is 4.43. The van der Waals surface area contributed by atoms with Crippen LogP contribution in [0.3, 0.4) is 0 Å². The van der Waals surface area contributed by atoms with E-state index >= 15 is 0 Å². The molecule has 3 heteroatoms. The molecule has 112 valence electrons. The highest BCUT2D eigenvalue weighted by atomic mass is 16.3. The standard InChI is InChI=1S/C17H28N2O/c1-13-7-9-15(10-8-13)17(14(2)18)19(11-12-20)16-5-3-4-6-16/h7-10,14,16-17,20H,3-6,11-12,18H2,1-2H3. The minimum atomic E-state index is 0.0601. The van der Waals surface area contributed by atoms with Gasteiger partial charge in [0.2, 0.25) is 0 Å². The SMILES string of the molecule is Cc1ccc(C(C(C)N)N(CCO)C2CCCC2)cc1. The average molecular weight is 276 g/mol. The Morgan fingerprint density at radius 3 is 2.35 bits per heavy atom. The lowest BCUT2D eigenvalue weighted by Gasteiger charge is -2.38. The van der Waals surface area contributed by atoms with E-state index in [1.165, 1.54) is 36.8 Å². The summed E-state index contributed by atoms with van der Waals surface area (Å²) in [5.74, 6) is 0. The van der Waals surface area contributed by atoms with Gasteiger partial charge in [0.15, 0.2) is 0 Å². The van der Waals surface area contributed by atoms with Crippen LogP contribution >= 0.6 is 0 Å². The molecular formula is C17H28N2O. The van der Waals surface area contributed by atoms with E-state index in [0.717, 1.165) is 0 Å². The van der Waals surface area contributed by atoms with E-state index < -0.39 is 0 Å². The van der Waals surface area contributed by atoms with Crippen molar-refractivity contribution in [1.29, 1.82) is 0 Å². The molecule has 0 bridgehead atoms. The van der Waals surface area contributed by atoms with Crippen molar-refractivity contribution in [2.75, 3.05) is 13.2 Å². The Morgan fingerprint density at radius 1 is 1.25 bits per heavy atom. The maximum atomic E-state index is 9.44. The van der Waals surface area contributed by atoms with Crippen LogP contribution in [0.4, 0.5) is 0 Å². The number of aryl methyl sites for hydroxylation is 1. The first kappa shape index (κ1) is 15.5. The molecular weight excluding hydrogens is 248 g/mol. The minimum Gasteiger partial charge on any atom is -0.395 e. The van der Waals surface area contributed by atoms with Crippen LogP contribution in [-0.2, 0) is 0 Å². The molecule has 0 aliphatic heterocycles. The average Bonchev–Trinajstić information content (AvgIpc) is 2.94. The van der Waals surface area contributed by atoms with E-state index in [-0.39, 0.29) is 18.7 Å². The van der Waals surface area contributed by atoms with E-state index in [1.54, 1.807) is 0 Å². The number of hydrogen-bond acceptors (Lipinski definition) is 3. The van der Waals surface area contributed by atoms with Crippen LogP contribution in [-0.4, -0.2) is 35.2 Å². The number of aliphatic hydroxyl groups excluding tert-OH is 1. The van der Waals surface area contributed by atoms with Gasteiger partial charge in [-0.15, -0.1) is 0 Å². The Morgan fingerprint density at radius 2 is 1.85 bits per heavy atom. The molecule has 0 heterocycles. The second-order valence-corrected chi connectivity index (χ2v) is 6.11. The zero-order valence-corrected chi connectivity index (χ0v) is 12.8. The normalized spacial score (nSPS) is 19.4. The lowest BCUT2D eigenvalue weighted by Crippen LogP contribution is -2.45. The van der Waals surface area contributed by atoms with Gasteiger partial charge in [-0.1, -0.05) is 42.7 Å². The molecule has 1 aliphatic carbocycles. The fraction of sp³-hybridized carbons (Fsp3) is 0.647. The van der Waals surface area contributed by atoms with E-state index in [4.69, 9.17) is 5.73 Å². The Labute approximate surface area is 122 Å². The molecule has 0 saturated heterocycles. The molecule has 3 N–H and O–H groups in total. The number of aliphatic hydroxyl groups is 1. The maximum absolute atomic E-state index is 9.44. The number of rotatable bonds is 6. The van der Waals surface area contributed by atoms with Crippen LogP contribution in [0.25, 0.3) is 0 Å². The van der Waals surface area contributed by atoms with Crippen molar-refractivity contribution in [3.8, 4) is 0 Å². The highest BCUT2D eigenvalue weighted by Gasteiger charge is 2.31. The smallest absolute Gasteiger partial charge is 0.0558 e. The monoisotopic (exact) mass is 276 g/mol. The number of nitrogens with two attached hydrogens (primary N) is 1. The summed E-state index contributed by atoms with van der Waals surface area (Å²) in [5.41, 5.74) is 8.82. The number of nitrogens with zero attached hydrogens (tertiary/aromatic N) is 1. The molecule has 2 atom stereocenters. The van der Waals surface area contributed by atoms with E-state index in [2.05, 4.69) is 43.0 Å². The zero-order valence-electron chi connectivity index (χ0n) is 12.8. The first-order valence-corrected chi connectivity index (χ1v) is 7.82. The number of hydrogen-bond donors (Lipinski definition) is 2. The van der Waals surface area contributed by atoms with Crippen molar-refractivity contribution in [3.05, 3.63) is 35.4 Å². The van der Waals surface area contributed by atoms with Gasteiger partial charge >= 0.3 is 0 Å². The summed E-state index contributed by atoms with van der Waals surface area (Å²) in [7, 11) is 0. The second kappa shape index (κ2) is 7.21. The molecule has 0 amide bonds. The van der Waals surface area contributed by atoms with Gasteiger partial charge in [-0.05, 0) is 32.3 Å². The van der Waals surface area contributed by atoms with Crippen molar-refractivity contribution >= 4 is 0 Å². The summed E-state index contributed by atoms with van der Waals surface area (Å²) in [6, 6.07) is 9.49. The first-order valence-electron chi connectivity index (χ1n) is 7.82. The fourth-order valence-corrected chi connectivity index (χ4v) is 3.46. The summed E-state index contributed by atoms with van der Waals surface area (Å²) >= 11 is 0. The molecule has 2 unspecified atom stereocenters. The lowest BCUT2D eigenvalue weighted by molar-refractivity contribution is 0.0922. The summed E-state index contributed by atoms with van der Waals surface area (Å²) < 4.78 is 0. The van der Waals surface area contributed by atoms with Crippen molar-refractivity contribution < 1.29 is 5.11 Å². The molecule has 0 radical (unpaired) electrons. The van der Waals surface area contributed by atoms with Crippen molar-refractivity contribution in [3.63, 3.8) is 0 Å². The van der Waals surface area contributed by atoms with Crippen LogP contribution in [0.1, 0.15) is 49.8 Å². The van der Waals surface area contributed by atoms with Crippen LogP contribution < -0.4 is 5.73 Å². The predicted octanol–water partition coefficient (Wildman–Crippen LogP) is 2.62. The van der Waals surface area contributed by atoms with Gasteiger partial charge in [-0.2, -0.15) is 0 Å². The molecule has 1 aromatic carbocycles. The van der Waals surface area contributed by atoms with E-state index in [9.17, 15) is 5.11 Å². The van der Waals surface area contributed by atoms with Gasteiger partial charge in [0.05, 0.1) is 6.61 Å². The topological polar surface area (TPSA) is 49.5 Å². The second-order valence-electron chi connectivity index (χ2n) is 6.11. The van der Waals surface area contributed by atoms with Gasteiger partial charge in [0.1, 0.15) is 0 Å². The quantitative estimate of drug-likeness (QED) is 0.839. The van der Waals surface area contributed by atoms with Gasteiger partial charge in [-0.25, -0.2) is 0 Å². The molecule has 20 heavy (non-hydrogen) atoms. The molecule has 0 spiro atoms. The maximum Gasteiger partial charge on any atom is 0.0558 e. The summed E-state index contributed by atoms with van der Waals surface area (Å²) in [4.78, 5) is 2.43. The van der Waals surface area contributed by atoms with Gasteiger partial charge in [0, 0.05) is 24.7 Å². The zero-order chi connectivity index (χ0) is 14.5. The predicted molar refractivity (Wildman–Crippen MR) is 83.6 cm³/mol. The van der Waals surface area contributed by atoms with E-state index in [0.29, 0.717) is 12.6 Å². The number of benzene rings is 1. The summed E-state index contributed by atoms with van der Waals surface area (Å²) in [6.45, 7) is 5.09. The van der Waals surface area contributed by atoms with Crippen molar-refractivity contribution in [2.24, 2.45) is 5.73 Å². The molecule has 0 aromatic heterocycles. The Kier molecular flexibility index (Phi) is 5.58. The largest absolute Gasteiger partial charge is 0.395 e. The Hall–Kier alpha value is -0.900. The van der Waals surface area contributed by atoms with Crippen LogP contribution in [0.5, 0.6) is 0 Å². The van der Waals surface area contributed by atoms with E-state index in [1.807, 2.05) is 0 Å². The molecule has 2 rings (SSSR count). The van der Waals surface area contributed by atoms with Gasteiger partial charge in [0.25, 0.3) is 0 Å².